The highest BCUT2D eigenvalue weighted by atomic mass is 16.5. The van der Waals surface area contributed by atoms with Gasteiger partial charge in [-0.15, -0.1) is 0 Å². The molecule has 1 aliphatic rings. The number of likely N-dealkylation sites (tertiary alicyclic amines) is 1. The van der Waals surface area contributed by atoms with Crippen molar-refractivity contribution in [2.75, 3.05) is 13.1 Å². The molecule has 1 fully saturated rings. The number of nitrogens with zero attached hydrogens (tertiary/aromatic N) is 1. The molecule has 1 aliphatic heterocycles. The van der Waals surface area contributed by atoms with Gasteiger partial charge in [0.15, 0.2) is 0 Å². The van der Waals surface area contributed by atoms with E-state index < -0.39 is 0 Å². The number of benzene rings is 3. The zero-order valence-electron chi connectivity index (χ0n) is 17.1. The average Bonchev–Trinajstić information content (AvgIpc) is 2.81. The van der Waals surface area contributed by atoms with Gasteiger partial charge in [0.25, 0.3) is 5.91 Å². The fourth-order valence-electron chi connectivity index (χ4n) is 3.92. The summed E-state index contributed by atoms with van der Waals surface area (Å²) in [5.41, 5.74) is 3.13. The summed E-state index contributed by atoms with van der Waals surface area (Å²) in [7, 11) is 0. The second kappa shape index (κ2) is 10.2. The van der Waals surface area contributed by atoms with Crippen molar-refractivity contribution in [2.24, 2.45) is 0 Å². The van der Waals surface area contributed by atoms with Gasteiger partial charge in [-0.1, -0.05) is 78.9 Å². The van der Waals surface area contributed by atoms with E-state index in [4.69, 9.17) is 4.74 Å². The number of hydrogen-bond donors (Lipinski definition) is 1. The minimum absolute atomic E-state index is 0.00607. The first-order valence-electron chi connectivity index (χ1n) is 10.6. The van der Waals surface area contributed by atoms with Gasteiger partial charge in [-0.05, 0) is 29.7 Å². The molecule has 1 saturated heterocycles. The van der Waals surface area contributed by atoms with Crippen molar-refractivity contribution in [3.8, 4) is 0 Å². The summed E-state index contributed by atoms with van der Waals surface area (Å²) in [5, 5.41) is 3.22. The van der Waals surface area contributed by atoms with Gasteiger partial charge < -0.3 is 10.1 Å². The SMILES string of the molecule is O=C(N[C@@H]1CCN(Cc2ccccc2)C[C@H]1OCc1ccccc1)c1ccccc1. The molecule has 0 saturated carbocycles. The quantitative estimate of drug-likeness (QED) is 0.644. The summed E-state index contributed by atoms with van der Waals surface area (Å²) in [6.45, 7) is 3.16. The number of carbonyl (C=O) groups excluding carboxylic acids is 1. The molecule has 154 valence electrons. The number of ether oxygens (including phenoxy) is 1. The molecule has 0 bridgehead atoms. The number of hydrogen-bond acceptors (Lipinski definition) is 3. The molecule has 0 aliphatic carbocycles. The molecule has 1 amide bonds. The van der Waals surface area contributed by atoms with Crippen molar-refractivity contribution in [3.63, 3.8) is 0 Å². The van der Waals surface area contributed by atoms with Gasteiger partial charge in [0.05, 0.1) is 18.8 Å². The smallest absolute Gasteiger partial charge is 0.251 e. The first kappa shape index (κ1) is 20.3. The zero-order chi connectivity index (χ0) is 20.6. The maximum atomic E-state index is 12.7. The van der Waals surface area contributed by atoms with Crippen molar-refractivity contribution < 1.29 is 9.53 Å². The van der Waals surface area contributed by atoms with Gasteiger partial charge >= 0.3 is 0 Å². The number of piperidine rings is 1. The summed E-state index contributed by atoms with van der Waals surface area (Å²) >= 11 is 0. The van der Waals surface area contributed by atoms with E-state index in [2.05, 4.69) is 46.6 Å². The van der Waals surface area contributed by atoms with E-state index in [0.29, 0.717) is 12.2 Å². The van der Waals surface area contributed by atoms with E-state index in [0.717, 1.165) is 31.6 Å². The van der Waals surface area contributed by atoms with Crippen LogP contribution in [0.3, 0.4) is 0 Å². The van der Waals surface area contributed by atoms with Crippen LogP contribution in [0.1, 0.15) is 27.9 Å². The van der Waals surface area contributed by atoms with Crippen LogP contribution in [0.2, 0.25) is 0 Å². The molecule has 0 radical (unpaired) electrons. The summed E-state index contributed by atoms with van der Waals surface area (Å²) in [6, 6.07) is 30.1. The maximum absolute atomic E-state index is 12.7. The predicted octanol–water partition coefficient (Wildman–Crippen LogP) is 4.28. The van der Waals surface area contributed by atoms with Crippen LogP contribution in [0, 0.1) is 0 Å². The third-order valence-corrected chi connectivity index (χ3v) is 5.55. The summed E-state index contributed by atoms with van der Waals surface area (Å²) in [5.74, 6) is -0.0366. The predicted molar refractivity (Wildman–Crippen MR) is 119 cm³/mol. The molecular weight excluding hydrogens is 372 g/mol. The Labute approximate surface area is 178 Å². The molecule has 3 aromatic rings. The van der Waals surface area contributed by atoms with Crippen molar-refractivity contribution in [1.29, 1.82) is 0 Å². The summed E-state index contributed by atoms with van der Waals surface area (Å²) in [4.78, 5) is 15.1. The van der Waals surface area contributed by atoms with Gasteiger partial charge in [-0.3, -0.25) is 9.69 Å². The Morgan fingerprint density at radius 3 is 2.13 bits per heavy atom. The van der Waals surface area contributed by atoms with Crippen LogP contribution in [0.4, 0.5) is 0 Å². The minimum atomic E-state index is -0.0599. The second-order valence-corrected chi connectivity index (χ2v) is 7.79. The van der Waals surface area contributed by atoms with Crippen LogP contribution in [-0.4, -0.2) is 36.0 Å². The van der Waals surface area contributed by atoms with Crippen LogP contribution in [-0.2, 0) is 17.9 Å². The van der Waals surface area contributed by atoms with Gasteiger partial charge in [-0.25, -0.2) is 0 Å². The maximum Gasteiger partial charge on any atom is 0.251 e. The number of carbonyl (C=O) groups is 1. The number of nitrogens with one attached hydrogen (secondary N) is 1. The number of rotatable bonds is 7. The summed E-state index contributed by atoms with van der Waals surface area (Å²) < 4.78 is 6.33. The second-order valence-electron chi connectivity index (χ2n) is 7.79. The van der Waals surface area contributed by atoms with Gasteiger partial charge in [0.2, 0.25) is 0 Å². The Hall–Kier alpha value is -2.95. The molecule has 30 heavy (non-hydrogen) atoms. The Morgan fingerprint density at radius 2 is 1.47 bits per heavy atom. The van der Waals surface area contributed by atoms with E-state index in [1.165, 1.54) is 5.56 Å². The molecule has 4 nitrogen and oxygen atoms in total. The molecule has 4 heteroatoms. The molecule has 2 atom stereocenters. The molecule has 3 aromatic carbocycles. The third-order valence-electron chi connectivity index (χ3n) is 5.55. The lowest BCUT2D eigenvalue weighted by molar-refractivity contribution is -0.0315. The fraction of sp³-hybridized carbons (Fsp3) is 0.269. The Kier molecular flexibility index (Phi) is 6.91. The molecule has 1 heterocycles. The normalized spacial score (nSPS) is 19.3. The van der Waals surface area contributed by atoms with Gasteiger partial charge in [-0.2, -0.15) is 0 Å². The van der Waals surface area contributed by atoms with Crippen LogP contribution in [0.5, 0.6) is 0 Å². The van der Waals surface area contributed by atoms with Crippen molar-refractivity contribution in [3.05, 3.63) is 108 Å². The molecule has 0 aromatic heterocycles. The van der Waals surface area contributed by atoms with Crippen molar-refractivity contribution in [2.45, 2.75) is 31.7 Å². The minimum Gasteiger partial charge on any atom is -0.370 e. The molecule has 0 spiro atoms. The molecule has 4 rings (SSSR count). The molecule has 0 unspecified atom stereocenters. The van der Waals surface area contributed by atoms with Crippen LogP contribution in [0.25, 0.3) is 0 Å². The Balaban J connectivity index is 1.43. The summed E-state index contributed by atoms with van der Waals surface area (Å²) in [6.07, 6.45) is 0.806. The zero-order valence-corrected chi connectivity index (χ0v) is 17.1. The van der Waals surface area contributed by atoms with E-state index in [9.17, 15) is 4.79 Å². The fourth-order valence-corrected chi connectivity index (χ4v) is 3.92. The number of amides is 1. The highest BCUT2D eigenvalue weighted by Gasteiger charge is 2.31. The first-order valence-corrected chi connectivity index (χ1v) is 10.6. The first-order chi connectivity index (χ1) is 14.8. The van der Waals surface area contributed by atoms with Crippen LogP contribution in [0.15, 0.2) is 91.0 Å². The van der Waals surface area contributed by atoms with E-state index >= 15 is 0 Å². The lowest BCUT2D eigenvalue weighted by atomic mass is 10.00. The molecular formula is C26H28N2O2. The highest BCUT2D eigenvalue weighted by Crippen LogP contribution is 2.19. The van der Waals surface area contributed by atoms with Gasteiger partial charge in [0, 0.05) is 25.2 Å². The standard InChI is InChI=1S/C26H28N2O2/c29-26(23-14-8-3-9-15-23)27-24-16-17-28(18-21-10-4-1-5-11-21)19-25(24)30-20-22-12-6-2-7-13-22/h1-15,24-25H,16-20H2,(H,27,29)/t24-,25-/m1/s1. The average molecular weight is 401 g/mol. The van der Waals surface area contributed by atoms with E-state index in [1.54, 1.807) is 0 Å². The Bertz CT molecular complexity index is 916. The lowest BCUT2D eigenvalue weighted by Crippen LogP contribution is -2.54. The van der Waals surface area contributed by atoms with Gasteiger partial charge in [0.1, 0.15) is 0 Å². The van der Waals surface area contributed by atoms with Crippen molar-refractivity contribution >= 4 is 5.91 Å². The van der Waals surface area contributed by atoms with Crippen LogP contribution >= 0.6 is 0 Å². The third kappa shape index (κ3) is 5.56. The monoisotopic (exact) mass is 400 g/mol. The molecule has 1 N–H and O–H groups in total. The van der Waals surface area contributed by atoms with Crippen LogP contribution < -0.4 is 5.32 Å². The van der Waals surface area contributed by atoms with E-state index in [1.807, 2.05) is 54.6 Å². The highest BCUT2D eigenvalue weighted by molar-refractivity contribution is 5.94. The Morgan fingerprint density at radius 1 is 0.867 bits per heavy atom. The topological polar surface area (TPSA) is 41.6 Å². The largest absolute Gasteiger partial charge is 0.370 e. The van der Waals surface area contributed by atoms with Crippen molar-refractivity contribution in [1.82, 2.24) is 10.2 Å². The lowest BCUT2D eigenvalue weighted by Gasteiger charge is -2.38. The van der Waals surface area contributed by atoms with E-state index in [-0.39, 0.29) is 18.1 Å².